The van der Waals surface area contributed by atoms with Gasteiger partial charge in [-0.15, -0.1) is 0 Å². The molecule has 0 aliphatic heterocycles. The van der Waals surface area contributed by atoms with E-state index in [9.17, 15) is 0 Å². The lowest BCUT2D eigenvalue weighted by Crippen LogP contribution is -2.34. The Morgan fingerprint density at radius 2 is 1.61 bits per heavy atom. The van der Waals surface area contributed by atoms with Crippen molar-refractivity contribution >= 4 is 27.5 Å². The number of benzene rings is 1. The number of hydrogen-bond acceptors (Lipinski definition) is 9. The second-order valence-electron chi connectivity index (χ2n) is 6.96. The first kappa shape index (κ1) is 20.6. The van der Waals surface area contributed by atoms with Gasteiger partial charge in [-0.25, -0.2) is 4.98 Å². The zero-order valence-corrected chi connectivity index (χ0v) is 17.3. The van der Waals surface area contributed by atoms with E-state index >= 15 is 0 Å². The number of aromatic nitrogens is 3. The van der Waals surface area contributed by atoms with E-state index < -0.39 is 0 Å². The predicted octanol–water partition coefficient (Wildman–Crippen LogP) is 2.11. The van der Waals surface area contributed by atoms with E-state index in [2.05, 4.69) is 15.0 Å². The van der Waals surface area contributed by atoms with Gasteiger partial charge in [-0.3, -0.25) is 9.97 Å². The van der Waals surface area contributed by atoms with Gasteiger partial charge in [-0.1, -0.05) is 0 Å². The molecule has 9 nitrogen and oxygen atoms in total. The van der Waals surface area contributed by atoms with Crippen molar-refractivity contribution in [2.45, 2.75) is 6.10 Å². The number of nitrogen functional groups attached to an aromatic ring is 1. The van der Waals surface area contributed by atoms with E-state index in [1.54, 1.807) is 32.8 Å². The molecule has 0 spiro atoms. The summed E-state index contributed by atoms with van der Waals surface area (Å²) in [6, 6.07) is 7.51. The molecule has 4 rings (SSSR count). The van der Waals surface area contributed by atoms with Crippen molar-refractivity contribution in [1.29, 1.82) is 0 Å². The first-order valence-corrected chi connectivity index (χ1v) is 9.71. The smallest absolute Gasteiger partial charge is 0.162 e. The fraction of sp³-hybridized carbons (Fsp3) is 0.227. The minimum absolute atomic E-state index is 0.288. The molecule has 4 aromatic rings. The Balaban J connectivity index is 1.87. The van der Waals surface area contributed by atoms with Crippen LogP contribution in [0.3, 0.4) is 0 Å². The summed E-state index contributed by atoms with van der Waals surface area (Å²) in [4.78, 5) is 13.3. The van der Waals surface area contributed by atoms with E-state index in [0.717, 1.165) is 27.2 Å². The fourth-order valence-electron chi connectivity index (χ4n) is 3.41. The van der Waals surface area contributed by atoms with Crippen LogP contribution in [0.5, 0.6) is 17.2 Å². The molecule has 0 saturated heterocycles. The minimum atomic E-state index is -0.288. The van der Waals surface area contributed by atoms with Crippen LogP contribution in [-0.4, -0.2) is 48.4 Å². The second-order valence-corrected chi connectivity index (χ2v) is 6.96. The summed E-state index contributed by atoms with van der Waals surface area (Å²) in [7, 11) is 3.18. The highest BCUT2D eigenvalue weighted by atomic mass is 16.5. The Labute approximate surface area is 179 Å². The molecule has 160 valence electrons. The molecular formula is C22H24N6O3. The van der Waals surface area contributed by atoms with E-state index in [-0.39, 0.29) is 6.10 Å². The molecule has 0 saturated carbocycles. The summed E-state index contributed by atoms with van der Waals surface area (Å²) in [6.45, 7) is 0.623. The van der Waals surface area contributed by atoms with Gasteiger partial charge in [0.2, 0.25) is 0 Å². The molecule has 0 fully saturated rings. The van der Waals surface area contributed by atoms with E-state index in [0.29, 0.717) is 41.8 Å². The van der Waals surface area contributed by atoms with Crippen LogP contribution in [0, 0.1) is 0 Å². The summed E-state index contributed by atoms with van der Waals surface area (Å²) < 4.78 is 16.7. The maximum absolute atomic E-state index is 6.28. The Bertz CT molecular complexity index is 1240. The van der Waals surface area contributed by atoms with Crippen LogP contribution in [0.4, 0.5) is 5.82 Å². The summed E-state index contributed by atoms with van der Waals surface area (Å²) in [5, 5.41) is 2.51. The van der Waals surface area contributed by atoms with Crippen LogP contribution in [0.1, 0.15) is 0 Å². The summed E-state index contributed by atoms with van der Waals surface area (Å²) in [5.74, 6) is 2.13. The second kappa shape index (κ2) is 8.58. The Morgan fingerprint density at radius 3 is 2.32 bits per heavy atom. The molecule has 0 aliphatic carbocycles. The Hall–Kier alpha value is -3.69. The molecule has 31 heavy (non-hydrogen) atoms. The summed E-state index contributed by atoms with van der Waals surface area (Å²) in [5.41, 5.74) is 19.8. The van der Waals surface area contributed by atoms with Gasteiger partial charge in [0.25, 0.3) is 0 Å². The van der Waals surface area contributed by atoms with Gasteiger partial charge in [0.15, 0.2) is 11.5 Å². The average molecular weight is 420 g/mol. The monoisotopic (exact) mass is 420 g/mol. The highest BCUT2D eigenvalue weighted by molar-refractivity contribution is 6.10. The van der Waals surface area contributed by atoms with Crippen molar-refractivity contribution in [1.82, 2.24) is 15.0 Å². The number of anilines is 1. The lowest BCUT2D eigenvalue weighted by Gasteiger charge is -2.16. The van der Waals surface area contributed by atoms with Gasteiger partial charge in [-0.05, 0) is 23.6 Å². The molecule has 0 atom stereocenters. The third-order valence-corrected chi connectivity index (χ3v) is 5.05. The highest BCUT2D eigenvalue weighted by Gasteiger charge is 2.14. The molecule has 3 heterocycles. The number of rotatable bonds is 7. The molecule has 0 unspecified atom stereocenters. The lowest BCUT2D eigenvalue weighted by molar-refractivity contribution is 0.217. The Morgan fingerprint density at radius 1 is 0.871 bits per heavy atom. The predicted molar refractivity (Wildman–Crippen MR) is 120 cm³/mol. The first-order chi connectivity index (χ1) is 15.1. The SMILES string of the molecule is COc1cc2ncc3c(N)nc(-c4cncc(OC(CN)CN)c4)cc3c2cc1OC. The fourth-order valence-corrected chi connectivity index (χ4v) is 3.41. The summed E-state index contributed by atoms with van der Waals surface area (Å²) >= 11 is 0. The van der Waals surface area contributed by atoms with Crippen molar-refractivity contribution in [3.63, 3.8) is 0 Å². The molecular weight excluding hydrogens is 396 g/mol. The molecule has 0 radical (unpaired) electrons. The maximum atomic E-state index is 6.28. The van der Waals surface area contributed by atoms with Crippen LogP contribution >= 0.6 is 0 Å². The van der Waals surface area contributed by atoms with Crippen LogP contribution in [0.15, 0.2) is 42.9 Å². The zero-order chi connectivity index (χ0) is 22.0. The van der Waals surface area contributed by atoms with Gasteiger partial charge < -0.3 is 31.4 Å². The average Bonchev–Trinajstić information content (AvgIpc) is 2.81. The van der Waals surface area contributed by atoms with Crippen molar-refractivity contribution in [2.24, 2.45) is 11.5 Å². The number of pyridine rings is 3. The number of hydrogen-bond donors (Lipinski definition) is 3. The normalized spacial score (nSPS) is 11.3. The quantitative estimate of drug-likeness (QED) is 0.383. The number of fused-ring (bicyclic) bond motifs is 3. The molecule has 0 aliphatic rings. The van der Waals surface area contributed by atoms with Crippen LogP contribution in [-0.2, 0) is 0 Å². The van der Waals surface area contributed by atoms with Crippen LogP contribution in [0.2, 0.25) is 0 Å². The van der Waals surface area contributed by atoms with Gasteiger partial charge in [-0.2, -0.15) is 0 Å². The maximum Gasteiger partial charge on any atom is 0.162 e. The molecule has 1 aromatic carbocycles. The molecule has 3 aromatic heterocycles. The molecule has 0 bridgehead atoms. The van der Waals surface area contributed by atoms with Crippen molar-refractivity contribution in [2.75, 3.05) is 33.0 Å². The van der Waals surface area contributed by atoms with Crippen molar-refractivity contribution in [3.05, 3.63) is 42.9 Å². The number of nitrogens with two attached hydrogens (primary N) is 3. The van der Waals surface area contributed by atoms with Crippen LogP contribution in [0.25, 0.3) is 32.9 Å². The van der Waals surface area contributed by atoms with Gasteiger partial charge in [0.1, 0.15) is 17.7 Å². The zero-order valence-electron chi connectivity index (χ0n) is 17.3. The minimum Gasteiger partial charge on any atom is -0.493 e. The third kappa shape index (κ3) is 3.88. The van der Waals surface area contributed by atoms with E-state index in [1.165, 1.54) is 0 Å². The molecule has 6 N–H and O–H groups in total. The number of methoxy groups -OCH3 is 2. The summed E-state index contributed by atoms with van der Waals surface area (Å²) in [6.07, 6.45) is 4.74. The first-order valence-electron chi connectivity index (χ1n) is 9.71. The van der Waals surface area contributed by atoms with Crippen LogP contribution < -0.4 is 31.4 Å². The van der Waals surface area contributed by atoms with Gasteiger partial charge >= 0.3 is 0 Å². The number of nitrogens with zero attached hydrogens (tertiary/aromatic N) is 3. The molecule has 0 amide bonds. The Kier molecular flexibility index (Phi) is 5.70. The lowest BCUT2D eigenvalue weighted by atomic mass is 10.0. The van der Waals surface area contributed by atoms with Crippen molar-refractivity contribution in [3.8, 4) is 28.5 Å². The molecule has 9 heteroatoms. The van der Waals surface area contributed by atoms with Crippen molar-refractivity contribution < 1.29 is 14.2 Å². The van der Waals surface area contributed by atoms with Gasteiger partial charge in [0.05, 0.1) is 31.6 Å². The highest BCUT2D eigenvalue weighted by Crippen LogP contribution is 2.37. The van der Waals surface area contributed by atoms with E-state index in [1.807, 2.05) is 24.3 Å². The topological polar surface area (TPSA) is 144 Å². The largest absolute Gasteiger partial charge is 0.493 e. The van der Waals surface area contributed by atoms with E-state index in [4.69, 9.17) is 31.4 Å². The van der Waals surface area contributed by atoms with Gasteiger partial charge in [0, 0.05) is 47.9 Å². The third-order valence-electron chi connectivity index (χ3n) is 5.05. The standard InChI is InChI=1S/C22H24N6O3/c1-29-20-5-16-15-4-18(12-3-13(10-26-9-12)31-14(7-23)8-24)28-22(25)17(15)11-27-19(16)6-21(20)30-2/h3-6,9-11,14H,7-8,23-24H2,1-2H3,(H2,25,28). The number of ether oxygens (including phenoxy) is 3.